The second-order valence-electron chi connectivity index (χ2n) is 4.76. The Balaban J connectivity index is 2.15. The number of sulfonamides is 1. The second-order valence-corrected chi connectivity index (χ2v) is 6.46. The molecule has 1 aromatic carbocycles. The molecule has 0 atom stereocenters. The number of aromatic nitrogens is 2. The lowest BCUT2D eigenvalue weighted by Crippen LogP contribution is -2.28. The molecule has 2 aromatic rings. The van der Waals surface area contributed by atoms with Gasteiger partial charge < -0.3 is 4.74 Å². The number of benzene rings is 1. The molecule has 7 heteroatoms. The first kappa shape index (κ1) is 15.5. The fraction of sp³-hybridized carbons (Fsp3) is 0.357. The molecule has 0 saturated heterocycles. The highest BCUT2D eigenvalue weighted by molar-refractivity contribution is 7.89. The van der Waals surface area contributed by atoms with Gasteiger partial charge in [0.1, 0.15) is 5.75 Å². The first-order valence-corrected chi connectivity index (χ1v) is 8.04. The van der Waals surface area contributed by atoms with E-state index in [2.05, 4.69) is 9.82 Å². The van der Waals surface area contributed by atoms with Crippen molar-refractivity contribution in [2.45, 2.75) is 25.3 Å². The number of rotatable bonds is 6. The van der Waals surface area contributed by atoms with Crippen molar-refractivity contribution in [3.8, 4) is 5.75 Å². The fourth-order valence-corrected chi connectivity index (χ4v) is 3.72. The molecule has 0 bridgehead atoms. The third kappa shape index (κ3) is 3.62. The molecule has 1 heterocycles. The van der Waals surface area contributed by atoms with Crippen molar-refractivity contribution in [2.24, 2.45) is 0 Å². The lowest BCUT2D eigenvalue weighted by molar-refractivity contribution is 0.413. The van der Waals surface area contributed by atoms with Crippen molar-refractivity contribution >= 4 is 10.0 Å². The summed E-state index contributed by atoms with van der Waals surface area (Å²) < 4.78 is 34.3. The minimum absolute atomic E-state index is 0.287. The van der Waals surface area contributed by atoms with Crippen molar-refractivity contribution in [3.63, 3.8) is 0 Å². The van der Waals surface area contributed by atoms with Crippen LogP contribution in [0, 0.1) is 13.8 Å². The van der Waals surface area contributed by atoms with E-state index < -0.39 is 10.0 Å². The van der Waals surface area contributed by atoms with E-state index in [-0.39, 0.29) is 6.54 Å². The number of nitrogens with zero attached hydrogens (tertiary/aromatic N) is 2. The van der Waals surface area contributed by atoms with Crippen LogP contribution < -0.4 is 9.46 Å². The molecule has 0 aliphatic carbocycles. The van der Waals surface area contributed by atoms with Crippen LogP contribution in [0.4, 0.5) is 0 Å². The maximum atomic E-state index is 12.4. The maximum Gasteiger partial charge on any atom is 0.241 e. The fourth-order valence-electron chi connectivity index (χ4n) is 2.25. The SMILES string of the molecule is COc1cc(C)c(S(=O)(=O)NCCn2cccn2)c(C)c1. The van der Waals surface area contributed by atoms with E-state index >= 15 is 0 Å². The molecule has 1 N–H and O–H groups in total. The summed E-state index contributed by atoms with van der Waals surface area (Å²) in [5.74, 6) is 0.653. The Bertz CT molecular complexity index is 686. The third-order valence-electron chi connectivity index (χ3n) is 3.13. The molecule has 0 aliphatic heterocycles. The zero-order valence-corrected chi connectivity index (χ0v) is 13.1. The number of methoxy groups -OCH3 is 1. The topological polar surface area (TPSA) is 73.2 Å². The standard InChI is InChI=1S/C14H19N3O3S/c1-11-9-13(20-3)10-12(2)14(11)21(18,19)16-6-8-17-7-4-5-15-17/h4-5,7,9-10,16H,6,8H2,1-3H3. The van der Waals surface area contributed by atoms with Crippen LogP contribution in [0.3, 0.4) is 0 Å². The predicted octanol–water partition coefficient (Wildman–Crippen LogP) is 1.49. The number of aryl methyl sites for hydroxylation is 2. The summed E-state index contributed by atoms with van der Waals surface area (Å²) in [4.78, 5) is 0.309. The molecule has 0 aliphatic rings. The van der Waals surface area contributed by atoms with E-state index in [1.165, 1.54) is 0 Å². The summed E-state index contributed by atoms with van der Waals surface area (Å²) in [5.41, 5.74) is 1.33. The molecule has 0 fully saturated rings. The zero-order chi connectivity index (χ0) is 15.5. The van der Waals surface area contributed by atoms with Gasteiger partial charge in [-0.3, -0.25) is 4.68 Å². The lowest BCUT2D eigenvalue weighted by atomic mass is 10.1. The van der Waals surface area contributed by atoms with Gasteiger partial charge >= 0.3 is 0 Å². The van der Waals surface area contributed by atoms with Crippen molar-refractivity contribution < 1.29 is 13.2 Å². The Morgan fingerprint density at radius 2 is 1.95 bits per heavy atom. The molecule has 0 amide bonds. The van der Waals surface area contributed by atoms with Gasteiger partial charge in [-0.05, 0) is 43.2 Å². The smallest absolute Gasteiger partial charge is 0.241 e. The molecule has 0 saturated carbocycles. The Morgan fingerprint density at radius 1 is 1.29 bits per heavy atom. The van der Waals surface area contributed by atoms with Crippen LogP contribution in [0.15, 0.2) is 35.5 Å². The summed E-state index contributed by atoms with van der Waals surface area (Å²) >= 11 is 0. The molecule has 2 rings (SSSR count). The molecule has 1 aromatic heterocycles. The van der Waals surface area contributed by atoms with Gasteiger partial charge in [-0.25, -0.2) is 13.1 Å². The Hall–Kier alpha value is -1.86. The highest BCUT2D eigenvalue weighted by Crippen LogP contribution is 2.25. The van der Waals surface area contributed by atoms with E-state index in [0.717, 1.165) is 0 Å². The predicted molar refractivity (Wildman–Crippen MR) is 79.9 cm³/mol. The van der Waals surface area contributed by atoms with Crippen molar-refractivity contribution in [3.05, 3.63) is 41.7 Å². The van der Waals surface area contributed by atoms with Gasteiger partial charge in [0.2, 0.25) is 10.0 Å². The Kier molecular flexibility index (Phi) is 4.64. The van der Waals surface area contributed by atoms with Gasteiger partial charge in [0, 0.05) is 18.9 Å². The quantitative estimate of drug-likeness (QED) is 0.877. The number of nitrogens with one attached hydrogen (secondary N) is 1. The third-order valence-corrected chi connectivity index (χ3v) is 4.90. The molecule has 21 heavy (non-hydrogen) atoms. The van der Waals surface area contributed by atoms with E-state index in [4.69, 9.17) is 4.74 Å². The second kappa shape index (κ2) is 6.28. The molecular weight excluding hydrogens is 290 g/mol. The minimum atomic E-state index is -3.55. The van der Waals surface area contributed by atoms with Crippen LogP contribution >= 0.6 is 0 Å². The molecule has 0 spiro atoms. The molecule has 0 unspecified atom stereocenters. The van der Waals surface area contributed by atoms with E-state index in [1.54, 1.807) is 56.2 Å². The largest absolute Gasteiger partial charge is 0.497 e. The maximum absolute atomic E-state index is 12.4. The summed E-state index contributed by atoms with van der Waals surface area (Å²) in [6, 6.07) is 5.23. The Morgan fingerprint density at radius 3 is 2.48 bits per heavy atom. The van der Waals surface area contributed by atoms with Crippen LogP contribution in [-0.2, 0) is 16.6 Å². The van der Waals surface area contributed by atoms with E-state index in [9.17, 15) is 8.42 Å². The highest BCUT2D eigenvalue weighted by Gasteiger charge is 2.20. The first-order chi connectivity index (χ1) is 9.94. The van der Waals surface area contributed by atoms with Crippen LogP contribution in [0.2, 0.25) is 0 Å². The molecule has 6 nitrogen and oxygen atoms in total. The number of hydrogen-bond donors (Lipinski definition) is 1. The van der Waals surface area contributed by atoms with Crippen LogP contribution in [0.5, 0.6) is 5.75 Å². The number of ether oxygens (including phenoxy) is 1. The van der Waals surface area contributed by atoms with Gasteiger partial charge in [-0.2, -0.15) is 5.10 Å². The molecule has 0 radical (unpaired) electrons. The van der Waals surface area contributed by atoms with E-state index in [0.29, 0.717) is 28.3 Å². The average molecular weight is 309 g/mol. The molecule has 114 valence electrons. The van der Waals surface area contributed by atoms with Crippen molar-refractivity contribution in [2.75, 3.05) is 13.7 Å². The van der Waals surface area contributed by atoms with Crippen molar-refractivity contribution in [1.82, 2.24) is 14.5 Å². The average Bonchev–Trinajstić information content (AvgIpc) is 2.90. The van der Waals surface area contributed by atoms with Gasteiger partial charge in [0.25, 0.3) is 0 Å². The summed E-state index contributed by atoms with van der Waals surface area (Å²) in [6.07, 6.45) is 3.45. The lowest BCUT2D eigenvalue weighted by Gasteiger charge is -2.13. The minimum Gasteiger partial charge on any atom is -0.497 e. The van der Waals surface area contributed by atoms with Gasteiger partial charge in [0.15, 0.2) is 0 Å². The number of hydrogen-bond acceptors (Lipinski definition) is 4. The summed E-state index contributed by atoms with van der Waals surface area (Å²) in [7, 11) is -1.99. The normalized spacial score (nSPS) is 11.6. The van der Waals surface area contributed by atoms with Crippen molar-refractivity contribution in [1.29, 1.82) is 0 Å². The zero-order valence-electron chi connectivity index (χ0n) is 12.3. The monoisotopic (exact) mass is 309 g/mol. The van der Waals surface area contributed by atoms with Crippen LogP contribution in [0.1, 0.15) is 11.1 Å². The van der Waals surface area contributed by atoms with Crippen LogP contribution in [-0.4, -0.2) is 31.9 Å². The van der Waals surface area contributed by atoms with Gasteiger partial charge in [-0.1, -0.05) is 0 Å². The van der Waals surface area contributed by atoms with Crippen LogP contribution in [0.25, 0.3) is 0 Å². The molecular formula is C14H19N3O3S. The van der Waals surface area contributed by atoms with E-state index in [1.807, 2.05) is 0 Å². The summed E-state index contributed by atoms with van der Waals surface area (Å²) in [5, 5.41) is 4.03. The highest BCUT2D eigenvalue weighted by atomic mass is 32.2. The van der Waals surface area contributed by atoms with Gasteiger partial charge in [0.05, 0.1) is 18.6 Å². The van der Waals surface area contributed by atoms with Gasteiger partial charge in [-0.15, -0.1) is 0 Å². The first-order valence-electron chi connectivity index (χ1n) is 6.56. The Labute approximate surface area is 124 Å². The summed E-state index contributed by atoms with van der Waals surface area (Å²) in [6.45, 7) is 4.30.